The summed E-state index contributed by atoms with van der Waals surface area (Å²) >= 11 is 6.55. The average molecular weight is 414 g/mol. The van der Waals surface area contributed by atoms with Gasteiger partial charge in [-0.25, -0.2) is 0 Å². The molecule has 0 saturated carbocycles. The van der Waals surface area contributed by atoms with Crippen molar-refractivity contribution in [2.45, 2.75) is 26.3 Å². The van der Waals surface area contributed by atoms with Gasteiger partial charge in [0.1, 0.15) is 22.3 Å². The van der Waals surface area contributed by atoms with Crippen LogP contribution in [-0.2, 0) is 20.0 Å². The van der Waals surface area contributed by atoms with Gasteiger partial charge < -0.3 is 9.84 Å². The minimum Gasteiger partial charge on any atom is -0.361 e. The SMILES string of the molecule is Cc1cc(-c2nn(C)c(Cl)c2CN2CC[C@@H](CNCCc3ccccc3)C2)no1. The van der Waals surface area contributed by atoms with Crippen molar-refractivity contribution < 1.29 is 4.52 Å². The van der Waals surface area contributed by atoms with Crippen LogP contribution in [0.3, 0.4) is 0 Å². The number of hydrogen-bond acceptors (Lipinski definition) is 5. The third-order valence-electron chi connectivity index (χ3n) is 5.56. The van der Waals surface area contributed by atoms with Crippen LogP contribution in [0.25, 0.3) is 11.4 Å². The first-order chi connectivity index (χ1) is 14.1. The molecule has 1 aliphatic rings. The number of likely N-dealkylation sites (tertiary alicyclic amines) is 1. The highest BCUT2D eigenvalue weighted by atomic mass is 35.5. The highest BCUT2D eigenvalue weighted by molar-refractivity contribution is 6.30. The van der Waals surface area contributed by atoms with Gasteiger partial charge in [0, 0.05) is 31.8 Å². The Morgan fingerprint density at radius 1 is 1.28 bits per heavy atom. The van der Waals surface area contributed by atoms with E-state index in [-0.39, 0.29) is 0 Å². The summed E-state index contributed by atoms with van der Waals surface area (Å²) in [6.07, 6.45) is 2.28. The van der Waals surface area contributed by atoms with Gasteiger partial charge in [0.2, 0.25) is 0 Å². The van der Waals surface area contributed by atoms with Gasteiger partial charge in [-0.1, -0.05) is 47.1 Å². The minimum atomic E-state index is 0.666. The molecule has 0 spiro atoms. The number of aromatic nitrogens is 3. The lowest BCUT2D eigenvalue weighted by Crippen LogP contribution is -2.27. The van der Waals surface area contributed by atoms with Crippen molar-refractivity contribution in [3.8, 4) is 11.4 Å². The van der Waals surface area contributed by atoms with Crippen LogP contribution in [0.15, 0.2) is 40.9 Å². The van der Waals surface area contributed by atoms with Crippen molar-refractivity contribution in [3.05, 3.63) is 58.4 Å². The molecule has 154 valence electrons. The van der Waals surface area contributed by atoms with E-state index in [1.807, 2.05) is 20.0 Å². The van der Waals surface area contributed by atoms with Crippen LogP contribution in [-0.4, -0.2) is 46.0 Å². The summed E-state index contributed by atoms with van der Waals surface area (Å²) in [5, 5.41) is 13.0. The first-order valence-electron chi connectivity index (χ1n) is 10.2. The van der Waals surface area contributed by atoms with Crippen LogP contribution < -0.4 is 5.32 Å². The van der Waals surface area contributed by atoms with Gasteiger partial charge in [0.15, 0.2) is 0 Å². The van der Waals surface area contributed by atoms with Gasteiger partial charge in [0.05, 0.1) is 0 Å². The number of nitrogens with one attached hydrogen (secondary N) is 1. The summed E-state index contributed by atoms with van der Waals surface area (Å²) in [6, 6.07) is 12.5. The maximum atomic E-state index is 6.55. The second kappa shape index (κ2) is 9.11. The Morgan fingerprint density at radius 2 is 2.10 bits per heavy atom. The number of halogens is 1. The molecule has 3 aromatic rings. The van der Waals surface area contributed by atoms with Crippen LogP contribution in [0.4, 0.5) is 0 Å². The lowest BCUT2D eigenvalue weighted by atomic mass is 10.1. The zero-order chi connectivity index (χ0) is 20.2. The summed E-state index contributed by atoms with van der Waals surface area (Å²) in [6.45, 7) is 6.89. The van der Waals surface area contributed by atoms with E-state index in [1.165, 1.54) is 12.0 Å². The fourth-order valence-corrected chi connectivity index (χ4v) is 4.19. The van der Waals surface area contributed by atoms with E-state index in [2.05, 4.69) is 50.8 Å². The molecule has 0 amide bonds. The van der Waals surface area contributed by atoms with Crippen molar-refractivity contribution in [2.24, 2.45) is 13.0 Å². The Hall–Kier alpha value is -2.15. The summed E-state index contributed by atoms with van der Waals surface area (Å²) < 4.78 is 6.95. The molecule has 0 aliphatic carbocycles. The van der Waals surface area contributed by atoms with Crippen molar-refractivity contribution in [1.82, 2.24) is 25.2 Å². The predicted octanol–water partition coefficient (Wildman–Crippen LogP) is 3.69. The van der Waals surface area contributed by atoms with Crippen LogP contribution in [0, 0.1) is 12.8 Å². The van der Waals surface area contributed by atoms with Crippen LogP contribution in [0.5, 0.6) is 0 Å². The Morgan fingerprint density at radius 3 is 2.86 bits per heavy atom. The molecule has 3 heterocycles. The van der Waals surface area contributed by atoms with Crippen LogP contribution >= 0.6 is 11.6 Å². The second-order valence-corrected chi connectivity index (χ2v) is 8.25. The molecule has 4 rings (SSSR count). The van der Waals surface area contributed by atoms with E-state index in [4.69, 9.17) is 16.1 Å². The van der Waals surface area contributed by atoms with E-state index in [0.29, 0.717) is 11.1 Å². The van der Waals surface area contributed by atoms with Gasteiger partial charge in [-0.05, 0) is 50.9 Å². The third-order valence-corrected chi connectivity index (χ3v) is 6.03. The first-order valence-corrected chi connectivity index (χ1v) is 10.6. The lowest BCUT2D eigenvalue weighted by molar-refractivity contribution is 0.314. The first kappa shape index (κ1) is 20.1. The maximum Gasteiger partial charge on any atom is 0.134 e. The third kappa shape index (κ3) is 4.89. The van der Waals surface area contributed by atoms with E-state index >= 15 is 0 Å². The normalized spacial score (nSPS) is 17.3. The summed E-state index contributed by atoms with van der Waals surface area (Å²) in [5.41, 5.74) is 3.98. The fourth-order valence-electron chi connectivity index (χ4n) is 4.00. The summed E-state index contributed by atoms with van der Waals surface area (Å²) in [7, 11) is 1.87. The van der Waals surface area contributed by atoms with Gasteiger partial charge in [0.25, 0.3) is 0 Å². The molecule has 2 aromatic heterocycles. The van der Waals surface area contributed by atoms with Crippen molar-refractivity contribution in [3.63, 3.8) is 0 Å². The second-order valence-electron chi connectivity index (χ2n) is 7.89. The van der Waals surface area contributed by atoms with Gasteiger partial charge in [-0.2, -0.15) is 5.10 Å². The Bertz CT molecular complexity index is 936. The van der Waals surface area contributed by atoms with E-state index in [0.717, 1.165) is 61.9 Å². The monoisotopic (exact) mass is 413 g/mol. The molecule has 0 unspecified atom stereocenters. The predicted molar refractivity (Wildman–Crippen MR) is 115 cm³/mol. The molecule has 29 heavy (non-hydrogen) atoms. The summed E-state index contributed by atoms with van der Waals surface area (Å²) in [5.74, 6) is 1.44. The molecular formula is C22H28ClN5O. The average Bonchev–Trinajstić information content (AvgIpc) is 3.42. The van der Waals surface area contributed by atoms with Crippen LogP contribution in [0.2, 0.25) is 5.15 Å². The zero-order valence-electron chi connectivity index (χ0n) is 17.1. The largest absolute Gasteiger partial charge is 0.361 e. The fraction of sp³-hybridized carbons (Fsp3) is 0.455. The topological polar surface area (TPSA) is 59.1 Å². The van der Waals surface area contributed by atoms with Crippen molar-refractivity contribution in [2.75, 3.05) is 26.2 Å². The molecule has 1 aromatic carbocycles. The number of aryl methyl sites for hydroxylation is 2. The molecule has 1 atom stereocenters. The van der Waals surface area contributed by atoms with E-state index in [1.54, 1.807) is 4.68 Å². The number of benzene rings is 1. The maximum absolute atomic E-state index is 6.55. The molecule has 0 bridgehead atoms. The molecular weight excluding hydrogens is 386 g/mol. The zero-order valence-corrected chi connectivity index (χ0v) is 17.8. The molecule has 0 radical (unpaired) electrons. The Balaban J connectivity index is 1.30. The van der Waals surface area contributed by atoms with E-state index in [9.17, 15) is 0 Å². The summed E-state index contributed by atoms with van der Waals surface area (Å²) in [4.78, 5) is 2.46. The van der Waals surface area contributed by atoms with Gasteiger partial charge in [-0.3, -0.25) is 9.58 Å². The van der Waals surface area contributed by atoms with E-state index < -0.39 is 0 Å². The van der Waals surface area contributed by atoms with Gasteiger partial charge >= 0.3 is 0 Å². The van der Waals surface area contributed by atoms with Crippen molar-refractivity contribution in [1.29, 1.82) is 0 Å². The van der Waals surface area contributed by atoms with Crippen LogP contribution in [0.1, 0.15) is 23.3 Å². The molecule has 1 N–H and O–H groups in total. The molecule has 1 fully saturated rings. The number of nitrogens with zero attached hydrogens (tertiary/aromatic N) is 4. The Labute approximate surface area is 176 Å². The standard InChI is InChI=1S/C22H28ClN5O/c1-16-12-20(26-29-16)21-19(22(23)27(2)25-21)15-28-11-9-18(14-28)13-24-10-8-17-6-4-3-5-7-17/h3-7,12,18,24H,8-11,13-15H2,1-2H3/t18-/m0/s1. The quantitative estimate of drug-likeness (QED) is 0.571. The van der Waals surface area contributed by atoms with Gasteiger partial charge in [-0.15, -0.1) is 0 Å². The highest BCUT2D eigenvalue weighted by Crippen LogP contribution is 2.30. The molecule has 1 saturated heterocycles. The molecule has 1 aliphatic heterocycles. The molecule has 7 heteroatoms. The van der Waals surface area contributed by atoms with Crippen molar-refractivity contribution >= 4 is 11.6 Å². The Kier molecular flexibility index (Phi) is 6.33. The smallest absolute Gasteiger partial charge is 0.134 e. The lowest BCUT2D eigenvalue weighted by Gasteiger charge is -2.16. The highest BCUT2D eigenvalue weighted by Gasteiger charge is 2.26. The molecule has 6 nitrogen and oxygen atoms in total. The minimum absolute atomic E-state index is 0.666. The number of hydrogen-bond donors (Lipinski definition) is 1. The number of rotatable bonds is 8.